The highest BCUT2D eigenvalue weighted by Gasteiger charge is 2.14. The van der Waals surface area contributed by atoms with Gasteiger partial charge in [0, 0.05) is 19.6 Å². The number of rotatable bonds is 8. The van der Waals surface area contributed by atoms with E-state index in [9.17, 15) is 4.79 Å². The Hall–Kier alpha value is -1.63. The normalized spacial score (nSPS) is 16.8. The topological polar surface area (TPSA) is 74.0 Å². The quantitative estimate of drug-likeness (QED) is 0.564. The number of hydrogen-bond donors (Lipinski definition) is 1. The zero-order valence-electron chi connectivity index (χ0n) is 13.7. The van der Waals surface area contributed by atoms with Gasteiger partial charge in [-0.25, -0.2) is 0 Å². The Kier molecular flexibility index (Phi) is 7.32. The standard InChI is InChI=1S/C17H26N2O4/c1-21-17(20)16(18)13-14-3-5-15(6-4-14)23-10-2-7-19-8-11-22-12-9-19/h3-6,16H,2,7-13,18H2,1H3. The molecule has 1 unspecified atom stereocenters. The average Bonchev–Trinajstić information content (AvgIpc) is 2.60. The number of carbonyl (C=O) groups excluding carboxylic acids is 1. The second-order valence-corrected chi connectivity index (χ2v) is 5.63. The predicted octanol–water partition coefficient (Wildman–Crippen LogP) is 0.831. The van der Waals surface area contributed by atoms with Crippen molar-refractivity contribution < 1.29 is 19.0 Å². The molecule has 2 N–H and O–H groups in total. The Morgan fingerprint density at radius 2 is 2.00 bits per heavy atom. The average molecular weight is 322 g/mol. The summed E-state index contributed by atoms with van der Waals surface area (Å²) < 4.78 is 15.7. The number of ether oxygens (including phenoxy) is 3. The van der Waals surface area contributed by atoms with Crippen molar-refractivity contribution in [3.8, 4) is 5.75 Å². The lowest BCUT2D eigenvalue weighted by Crippen LogP contribution is -2.37. The van der Waals surface area contributed by atoms with Crippen LogP contribution in [0.4, 0.5) is 0 Å². The summed E-state index contributed by atoms with van der Waals surface area (Å²) in [5, 5.41) is 0. The van der Waals surface area contributed by atoms with Crippen molar-refractivity contribution in [1.82, 2.24) is 4.90 Å². The summed E-state index contributed by atoms with van der Waals surface area (Å²) in [5.74, 6) is 0.441. The van der Waals surface area contributed by atoms with Gasteiger partial charge in [-0.3, -0.25) is 9.69 Å². The number of nitrogens with zero attached hydrogens (tertiary/aromatic N) is 1. The van der Waals surface area contributed by atoms with Gasteiger partial charge in [0.2, 0.25) is 0 Å². The summed E-state index contributed by atoms with van der Waals surface area (Å²) in [6.07, 6.45) is 1.46. The van der Waals surface area contributed by atoms with Crippen LogP contribution >= 0.6 is 0 Å². The summed E-state index contributed by atoms with van der Waals surface area (Å²) in [6.45, 7) is 5.41. The molecule has 1 aromatic rings. The van der Waals surface area contributed by atoms with Gasteiger partial charge in [0.25, 0.3) is 0 Å². The molecule has 1 aliphatic heterocycles. The van der Waals surface area contributed by atoms with Crippen LogP contribution in [-0.4, -0.2) is 63.5 Å². The number of hydrogen-bond acceptors (Lipinski definition) is 6. The molecule has 1 heterocycles. The molecule has 0 aromatic heterocycles. The maximum atomic E-state index is 11.3. The maximum Gasteiger partial charge on any atom is 0.322 e. The van der Waals surface area contributed by atoms with Crippen molar-refractivity contribution in [2.75, 3.05) is 46.6 Å². The van der Waals surface area contributed by atoms with Gasteiger partial charge >= 0.3 is 5.97 Å². The first-order valence-corrected chi connectivity index (χ1v) is 8.04. The SMILES string of the molecule is COC(=O)C(N)Cc1ccc(OCCCN2CCOCC2)cc1. The molecule has 6 nitrogen and oxygen atoms in total. The second kappa shape index (κ2) is 9.50. The van der Waals surface area contributed by atoms with Crippen molar-refractivity contribution in [1.29, 1.82) is 0 Å². The van der Waals surface area contributed by atoms with Crippen LogP contribution in [0.2, 0.25) is 0 Å². The van der Waals surface area contributed by atoms with Gasteiger partial charge in [0.1, 0.15) is 11.8 Å². The Balaban J connectivity index is 1.67. The Morgan fingerprint density at radius 1 is 1.30 bits per heavy atom. The Morgan fingerprint density at radius 3 is 2.65 bits per heavy atom. The van der Waals surface area contributed by atoms with Crippen molar-refractivity contribution in [3.63, 3.8) is 0 Å². The van der Waals surface area contributed by atoms with Crippen LogP contribution in [0, 0.1) is 0 Å². The van der Waals surface area contributed by atoms with Crippen molar-refractivity contribution >= 4 is 5.97 Å². The van der Waals surface area contributed by atoms with Crippen LogP contribution in [0.3, 0.4) is 0 Å². The van der Waals surface area contributed by atoms with Gasteiger partial charge < -0.3 is 19.9 Å². The molecule has 6 heteroatoms. The summed E-state index contributed by atoms with van der Waals surface area (Å²) in [5.41, 5.74) is 6.74. The summed E-state index contributed by atoms with van der Waals surface area (Å²) in [7, 11) is 1.34. The molecule has 0 spiro atoms. The number of benzene rings is 1. The molecule has 0 bridgehead atoms. The van der Waals surface area contributed by atoms with Crippen LogP contribution in [0.25, 0.3) is 0 Å². The first-order chi connectivity index (χ1) is 11.2. The summed E-state index contributed by atoms with van der Waals surface area (Å²) in [6, 6.07) is 7.06. The number of carbonyl (C=O) groups is 1. The third-order valence-corrected chi connectivity index (χ3v) is 3.87. The van der Waals surface area contributed by atoms with E-state index in [-0.39, 0.29) is 0 Å². The van der Waals surface area contributed by atoms with Crippen LogP contribution < -0.4 is 10.5 Å². The molecule has 1 fully saturated rings. The fraction of sp³-hybridized carbons (Fsp3) is 0.588. The first kappa shape index (κ1) is 17.7. The Labute approximate surface area is 137 Å². The third kappa shape index (κ3) is 6.17. The van der Waals surface area contributed by atoms with E-state index in [1.165, 1.54) is 7.11 Å². The minimum atomic E-state index is -0.625. The highest BCUT2D eigenvalue weighted by Crippen LogP contribution is 2.14. The van der Waals surface area contributed by atoms with E-state index in [4.69, 9.17) is 15.2 Å². The first-order valence-electron chi connectivity index (χ1n) is 8.04. The monoisotopic (exact) mass is 322 g/mol. The molecule has 0 aliphatic carbocycles. The van der Waals surface area contributed by atoms with Crippen LogP contribution in [0.5, 0.6) is 5.75 Å². The number of methoxy groups -OCH3 is 1. The molecule has 23 heavy (non-hydrogen) atoms. The zero-order chi connectivity index (χ0) is 16.5. The third-order valence-electron chi connectivity index (χ3n) is 3.87. The lowest BCUT2D eigenvalue weighted by Gasteiger charge is -2.26. The van der Waals surface area contributed by atoms with Gasteiger partial charge in [-0.15, -0.1) is 0 Å². The van der Waals surface area contributed by atoms with Crippen LogP contribution in [0.15, 0.2) is 24.3 Å². The highest BCUT2D eigenvalue weighted by atomic mass is 16.5. The van der Waals surface area contributed by atoms with Crippen molar-refractivity contribution in [2.45, 2.75) is 18.9 Å². The fourth-order valence-electron chi connectivity index (χ4n) is 2.51. The second-order valence-electron chi connectivity index (χ2n) is 5.63. The van der Waals surface area contributed by atoms with Gasteiger partial charge in [-0.1, -0.05) is 12.1 Å². The molecule has 0 radical (unpaired) electrons. The minimum absolute atomic E-state index is 0.395. The van der Waals surface area contributed by atoms with Crippen molar-refractivity contribution in [2.24, 2.45) is 5.73 Å². The summed E-state index contributed by atoms with van der Waals surface area (Å²) in [4.78, 5) is 13.7. The van der Waals surface area contributed by atoms with Crippen LogP contribution in [0.1, 0.15) is 12.0 Å². The van der Waals surface area contributed by atoms with E-state index in [0.717, 1.165) is 50.6 Å². The largest absolute Gasteiger partial charge is 0.494 e. The molecular weight excluding hydrogens is 296 g/mol. The maximum absolute atomic E-state index is 11.3. The lowest BCUT2D eigenvalue weighted by molar-refractivity contribution is -0.142. The molecule has 1 aromatic carbocycles. The van der Waals surface area contributed by atoms with E-state index in [0.29, 0.717) is 13.0 Å². The zero-order valence-corrected chi connectivity index (χ0v) is 13.7. The fourth-order valence-corrected chi connectivity index (χ4v) is 2.51. The lowest BCUT2D eigenvalue weighted by atomic mass is 10.1. The van der Waals surface area contributed by atoms with Gasteiger partial charge in [-0.05, 0) is 30.5 Å². The molecule has 1 aliphatic rings. The molecular formula is C17H26N2O4. The van der Waals surface area contributed by atoms with E-state index in [1.807, 2.05) is 24.3 Å². The summed E-state index contributed by atoms with van der Waals surface area (Å²) >= 11 is 0. The molecule has 128 valence electrons. The smallest absolute Gasteiger partial charge is 0.322 e. The highest BCUT2D eigenvalue weighted by molar-refractivity contribution is 5.75. The van der Waals surface area contributed by atoms with Crippen molar-refractivity contribution in [3.05, 3.63) is 29.8 Å². The van der Waals surface area contributed by atoms with Gasteiger partial charge in [0.15, 0.2) is 0 Å². The van der Waals surface area contributed by atoms with Gasteiger partial charge in [-0.2, -0.15) is 0 Å². The molecule has 2 rings (SSSR count). The minimum Gasteiger partial charge on any atom is -0.494 e. The Bertz CT molecular complexity index is 472. The van der Waals surface area contributed by atoms with Crippen LogP contribution in [-0.2, 0) is 20.7 Å². The predicted molar refractivity (Wildman–Crippen MR) is 87.5 cm³/mol. The number of morpholine rings is 1. The van der Waals surface area contributed by atoms with E-state index in [1.54, 1.807) is 0 Å². The van der Waals surface area contributed by atoms with Gasteiger partial charge in [0.05, 0.1) is 26.9 Å². The molecule has 0 amide bonds. The van der Waals surface area contributed by atoms with E-state index < -0.39 is 12.0 Å². The van der Waals surface area contributed by atoms with E-state index >= 15 is 0 Å². The molecule has 1 atom stereocenters. The number of nitrogens with two attached hydrogens (primary N) is 1. The molecule has 1 saturated heterocycles. The number of esters is 1. The van der Waals surface area contributed by atoms with E-state index in [2.05, 4.69) is 9.64 Å². The molecule has 0 saturated carbocycles.